The minimum atomic E-state index is -3.78. The average molecular weight is 298 g/mol. The van der Waals surface area contributed by atoms with E-state index in [9.17, 15) is 17.2 Å². The first kappa shape index (κ1) is 14.3. The Hall–Kier alpha value is -2.15. The molecule has 3 N–H and O–H groups in total. The average Bonchev–Trinajstić information content (AvgIpc) is 2.25. The number of nitrogens with two attached hydrogens (primary N) is 1. The largest absolute Gasteiger partial charge is 0.399 e. The second kappa shape index (κ2) is 5.46. The maximum atomic E-state index is 13.0. The number of hydrogen-bond acceptors (Lipinski definition) is 3. The standard InChI is InChI=1S/C13H12F2N2O2S/c14-10-5-11(15)7-13(6-10)17-20(18,19)8-9-2-1-3-12(16)4-9/h1-7,17H,8,16H2. The third-order valence-electron chi connectivity index (χ3n) is 2.44. The van der Waals surface area contributed by atoms with Crippen LogP contribution in [0.4, 0.5) is 20.2 Å². The van der Waals surface area contributed by atoms with Crippen molar-refractivity contribution in [1.82, 2.24) is 0 Å². The quantitative estimate of drug-likeness (QED) is 0.852. The molecule has 0 aliphatic rings. The Kier molecular flexibility index (Phi) is 3.89. The van der Waals surface area contributed by atoms with Crippen LogP contribution in [0.3, 0.4) is 0 Å². The van der Waals surface area contributed by atoms with Crippen LogP contribution in [-0.2, 0) is 15.8 Å². The fourth-order valence-corrected chi connectivity index (χ4v) is 2.90. The third-order valence-corrected chi connectivity index (χ3v) is 3.70. The van der Waals surface area contributed by atoms with Crippen molar-refractivity contribution in [2.75, 3.05) is 10.5 Å². The zero-order chi connectivity index (χ0) is 14.8. The van der Waals surface area contributed by atoms with E-state index >= 15 is 0 Å². The van der Waals surface area contributed by atoms with Crippen molar-refractivity contribution in [3.63, 3.8) is 0 Å². The van der Waals surface area contributed by atoms with Crippen molar-refractivity contribution >= 4 is 21.4 Å². The van der Waals surface area contributed by atoms with Crippen LogP contribution in [0.25, 0.3) is 0 Å². The van der Waals surface area contributed by atoms with Gasteiger partial charge in [0.05, 0.1) is 11.4 Å². The summed E-state index contributed by atoms with van der Waals surface area (Å²) in [6, 6.07) is 8.84. The Morgan fingerprint density at radius 1 is 1.05 bits per heavy atom. The van der Waals surface area contributed by atoms with Crippen LogP contribution >= 0.6 is 0 Å². The SMILES string of the molecule is Nc1cccc(CS(=O)(=O)Nc2cc(F)cc(F)c2)c1. The molecular formula is C13H12F2N2O2S. The van der Waals surface area contributed by atoms with Crippen LogP contribution in [0.5, 0.6) is 0 Å². The molecule has 0 saturated heterocycles. The van der Waals surface area contributed by atoms with Crippen molar-refractivity contribution in [3.05, 3.63) is 59.7 Å². The van der Waals surface area contributed by atoms with Crippen molar-refractivity contribution in [3.8, 4) is 0 Å². The summed E-state index contributed by atoms with van der Waals surface area (Å²) in [5.74, 6) is -2.05. The Bertz CT molecular complexity index is 713. The van der Waals surface area contributed by atoms with Crippen LogP contribution in [-0.4, -0.2) is 8.42 Å². The molecule has 4 nitrogen and oxygen atoms in total. The lowest BCUT2D eigenvalue weighted by Gasteiger charge is -2.09. The van der Waals surface area contributed by atoms with Gasteiger partial charge in [0.2, 0.25) is 10.0 Å². The molecule has 106 valence electrons. The lowest BCUT2D eigenvalue weighted by atomic mass is 10.2. The highest BCUT2D eigenvalue weighted by molar-refractivity contribution is 7.91. The zero-order valence-corrected chi connectivity index (χ0v) is 11.1. The monoisotopic (exact) mass is 298 g/mol. The van der Waals surface area contributed by atoms with E-state index in [-0.39, 0.29) is 11.4 Å². The van der Waals surface area contributed by atoms with Crippen molar-refractivity contribution < 1.29 is 17.2 Å². The summed E-state index contributed by atoms with van der Waals surface area (Å²) >= 11 is 0. The van der Waals surface area contributed by atoms with E-state index in [4.69, 9.17) is 5.73 Å². The van der Waals surface area contributed by atoms with E-state index in [2.05, 4.69) is 4.72 Å². The molecule has 0 spiro atoms. The van der Waals surface area contributed by atoms with Crippen molar-refractivity contribution in [1.29, 1.82) is 0 Å². The molecule has 0 radical (unpaired) electrons. The number of benzene rings is 2. The molecule has 0 amide bonds. The Morgan fingerprint density at radius 3 is 2.30 bits per heavy atom. The van der Waals surface area contributed by atoms with E-state index < -0.39 is 21.7 Å². The highest BCUT2D eigenvalue weighted by Crippen LogP contribution is 2.17. The lowest BCUT2D eigenvalue weighted by molar-refractivity contribution is 0.584. The summed E-state index contributed by atoms with van der Waals surface area (Å²) < 4.78 is 51.9. The molecule has 0 aliphatic heterocycles. The molecule has 0 aromatic heterocycles. The van der Waals surface area contributed by atoms with Crippen molar-refractivity contribution in [2.45, 2.75) is 5.75 Å². The minimum absolute atomic E-state index is 0.161. The number of halogens is 2. The van der Waals surface area contributed by atoms with Gasteiger partial charge in [-0.25, -0.2) is 17.2 Å². The first-order valence-electron chi connectivity index (χ1n) is 5.65. The van der Waals surface area contributed by atoms with Crippen molar-refractivity contribution in [2.24, 2.45) is 0 Å². The maximum absolute atomic E-state index is 13.0. The molecule has 0 aliphatic carbocycles. The van der Waals surface area contributed by atoms with Crippen LogP contribution < -0.4 is 10.5 Å². The van der Waals surface area contributed by atoms with E-state index in [1.54, 1.807) is 18.2 Å². The van der Waals surface area contributed by atoms with Crippen LogP contribution in [0.1, 0.15) is 5.56 Å². The summed E-state index contributed by atoms with van der Waals surface area (Å²) in [5, 5.41) is 0. The summed E-state index contributed by atoms with van der Waals surface area (Å²) in [6.45, 7) is 0. The Morgan fingerprint density at radius 2 is 1.70 bits per heavy atom. The van der Waals surface area contributed by atoms with Gasteiger partial charge in [-0.1, -0.05) is 12.1 Å². The summed E-state index contributed by atoms with van der Waals surface area (Å²) in [6.07, 6.45) is 0. The number of sulfonamides is 1. The van der Waals surface area contributed by atoms with Gasteiger partial charge < -0.3 is 5.73 Å². The molecule has 0 unspecified atom stereocenters. The normalized spacial score (nSPS) is 11.3. The van der Waals surface area contributed by atoms with Gasteiger partial charge in [-0.2, -0.15) is 0 Å². The predicted octanol–water partition coefficient (Wildman–Crippen LogP) is 2.49. The van der Waals surface area contributed by atoms with Gasteiger partial charge in [-0.15, -0.1) is 0 Å². The fourth-order valence-electron chi connectivity index (χ4n) is 1.73. The summed E-state index contributed by atoms with van der Waals surface area (Å²) in [4.78, 5) is 0. The topological polar surface area (TPSA) is 72.2 Å². The molecule has 0 heterocycles. The maximum Gasteiger partial charge on any atom is 0.236 e. The minimum Gasteiger partial charge on any atom is -0.399 e. The third kappa shape index (κ3) is 3.92. The van der Waals surface area contributed by atoms with Gasteiger partial charge in [0.15, 0.2) is 0 Å². The number of nitrogens with one attached hydrogen (secondary N) is 1. The molecule has 0 saturated carbocycles. The second-order valence-electron chi connectivity index (χ2n) is 4.26. The molecule has 2 aromatic rings. The van der Waals surface area contributed by atoms with Crippen LogP contribution in [0.2, 0.25) is 0 Å². The first-order chi connectivity index (χ1) is 9.34. The van der Waals surface area contributed by atoms with Gasteiger partial charge in [-0.05, 0) is 29.8 Å². The summed E-state index contributed by atoms with van der Waals surface area (Å²) in [7, 11) is -3.78. The van der Waals surface area contributed by atoms with Gasteiger partial charge in [0, 0.05) is 11.8 Å². The van der Waals surface area contributed by atoms with E-state index in [0.717, 1.165) is 12.1 Å². The molecule has 2 aromatic carbocycles. The number of hydrogen-bond donors (Lipinski definition) is 2. The molecule has 0 bridgehead atoms. The molecule has 0 atom stereocenters. The zero-order valence-electron chi connectivity index (χ0n) is 10.3. The Balaban J connectivity index is 2.19. The number of nitrogen functional groups attached to an aromatic ring is 1. The molecule has 7 heteroatoms. The van der Waals surface area contributed by atoms with Gasteiger partial charge in [0.25, 0.3) is 0 Å². The highest BCUT2D eigenvalue weighted by atomic mass is 32.2. The van der Waals surface area contributed by atoms with Crippen LogP contribution in [0, 0.1) is 11.6 Å². The van der Waals surface area contributed by atoms with Gasteiger partial charge in [-0.3, -0.25) is 4.72 Å². The van der Waals surface area contributed by atoms with Crippen LogP contribution in [0.15, 0.2) is 42.5 Å². The van der Waals surface area contributed by atoms with E-state index in [0.29, 0.717) is 17.3 Å². The molecular weight excluding hydrogens is 286 g/mol. The molecule has 20 heavy (non-hydrogen) atoms. The smallest absolute Gasteiger partial charge is 0.236 e. The fraction of sp³-hybridized carbons (Fsp3) is 0.0769. The first-order valence-corrected chi connectivity index (χ1v) is 7.30. The van der Waals surface area contributed by atoms with Gasteiger partial charge >= 0.3 is 0 Å². The molecule has 0 fully saturated rings. The number of rotatable bonds is 4. The second-order valence-corrected chi connectivity index (χ2v) is 5.99. The lowest BCUT2D eigenvalue weighted by Crippen LogP contribution is -2.15. The van der Waals surface area contributed by atoms with Gasteiger partial charge in [0.1, 0.15) is 11.6 Å². The summed E-state index contributed by atoms with van der Waals surface area (Å²) in [5.41, 5.74) is 6.31. The predicted molar refractivity (Wildman–Crippen MR) is 73.5 cm³/mol. The highest BCUT2D eigenvalue weighted by Gasteiger charge is 2.13. The van der Waals surface area contributed by atoms with E-state index in [1.165, 1.54) is 6.07 Å². The van der Waals surface area contributed by atoms with E-state index in [1.807, 2.05) is 0 Å². The molecule has 2 rings (SSSR count). The Labute approximate surface area is 115 Å². The number of anilines is 2.